The van der Waals surface area contributed by atoms with Crippen LogP contribution in [0.15, 0.2) is 52.3 Å². The summed E-state index contributed by atoms with van der Waals surface area (Å²) < 4.78 is 51.7. The van der Waals surface area contributed by atoms with Crippen molar-refractivity contribution in [3.05, 3.63) is 47.5 Å². The Kier molecular flexibility index (Phi) is 6.29. The number of halogens is 1. The summed E-state index contributed by atoms with van der Waals surface area (Å²) in [4.78, 5) is 17.6. The van der Waals surface area contributed by atoms with E-state index in [9.17, 15) is 21.6 Å². The van der Waals surface area contributed by atoms with Crippen LogP contribution in [0.3, 0.4) is 0 Å². The second-order valence-electron chi connectivity index (χ2n) is 7.49. The van der Waals surface area contributed by atoms with E-state index in [1.165, 1.54) is 40.7 Å². The number of amides is 1. The fourth-order valence-electron chi connectivity index (χ4n) is 3.57. The number of nitrogens with one attached hydrogen (secondary N) is 1. The number of sulfone groups is 1. The molecule has 1 fully saturated rings. The molecule has 0 unspecified atom stereocenters. The van der Waals surface area contributed by atoms with Gasteiger partial charge in [-0.05, 0) is 55.3 Å². The van der Waals surface area contributed by atoms with E-state index in [1.54, 1.807) is 6.07 Å². The zero-order chi connectivity index (χ0) is 23.1. The van der Waals surface area contributed by atoms with E-state index in [4.69, 9.17) is 11.6 Å². The first-order valence-corrected chi connectivity index (χ1v) is 14.3. The van der Waals surface area contributed by atoms with Gasteiger partial charge in [0.1, 0.15) is 6.04 Å². The Morgan fingerprint density at radius 3 is 2.47 bits per heavy atom. The average molecular weight is 514 g/mol. The fourth-order valence-corrected chi connectivity index (χ4v) is 6.99. The van der Waals surface area contributed by atoms with Crippen LogP contribution in [0.2, 0.25) is 5.02 Å². The predicted molar refractivity (Wildman–Crippen MR) is 124 cm³/mol. The van der Waals surface area contributed by atoms with Gasteiger partial charge in [-0.1, -0.05) is 29.4 Å². The number of thiazole rings is 1. The van der Waals surface area contributed by atoms with E-state index in [0.717, 1.165) is 24.0 Å². The number of nitrogens with zero attached hydrogens (tertiary/aromatic N) is 2. The summed E-state index contributed by atoms with van der Waals surface area (Å²) in [5.74, 6) is -0.468. The molecule has 1 atom stereocenters. The maximum atomic E-state index is 13.2. The summed E-state index contributed by atoms with van der Waals surface area (Å²) in [7, 11) is -7.25. The lowest BCUT2D eigenvalue weighted by Gasteiger charge is -2.33. The normalized spacial score (nSPS) is 18.0. The van der Waals surface area contributed by atoms with E-state index in [0.29, 0.717) is 28.1 Å². The Hall–Kier alpha value is -2.05. The fraction of sp³-hybridized carbons (Fsp3) is 0.300. The average Bonchev–Trinajstić information content (AvgIpc) is 3.15. The van der Waals surface area contributed by atoms with Crippen LogP contribution in [0, 0.1) is 0 Å². The first-order valence-electron chi connectivity index (χ1n) is 9.75. The summed E-state index contributed by atoms with van der Waals surface area (Å²) in [5.41, 5.74) is 0.548. The van der Waals surface area contributed by atoms with Crippen molar-refractivity contribution in [1.82, 2.24) is 9.29 Å². The van der Waals surface area contributed by atoms with Crippen molar-refractivity contribution in [1.29, 1.82) is 0 Å². The molecular formula is C20H20ClN3O5S3. The topological polar surface area (TPSA) is 114 Å². The number of rotatable bonds is 5. The number of hydrogen-bond acceptors (Lipinski definition) is 7. The van der Waals surface area contributed by atoms with Crippen molar-refractivity contribution in [2.45, 2.75) is 35.1 Å². The summed E-state index contributed by atoms with van der Waals surface area (Å²) in [6, 6.07) is 9.53. The Morgan fingerprint density at radius 2 is 1.78 bits per heavy atom. The van der Waals surface area contributed by atoms with Crippen molar-refractivity contribution in [2.24, 2.45) is 0 Å². The highest BCUT2D eigenvalue weighted by Gasteiger charge is 2.38. The molecule has 12 heteroatoms. The van der Waals surface area contributed by atoms with Crippen molar-refractivity contribution in [3.63, 3.8) is 0 Å². The molecule has 1 aliphatic rings. The molecule has 0 saturated carbocycles. The molecule has 2 heterocycles. The summed E-state index contributed by atoms with van der Waals surface area (Å²) >= 11 is 7.01. The second-order valence-corrected chi connectivity index (χ2v) is 12.9. The van der Waals surface area contributed by atoms with Gasteiger partial charge in [-0.3, -0.25) is 4.79 Å². The molecule has 1 saturated heterocycles. The zero-order valence-corrected chi connectivity index (χ0v) is 20.2. The Labute approximate surface area is 195 Å². The molecule has 8 nitrogen and oxygen atoms in total. The quantitative estimate of drug-likeness (QED) is 0.558. The van der Waals surface area contributed by atoms with Gasteiger partial charge < -0.3 is 5.32 Å². The largest absolute Gasteiger partial charge is 0.301 e. The molecule has 3 aromatic rings. The van der Waals surface area contributed by atoms with Crippen LogP contribution >= 0.6 is 22.9 Å². The molecule has 1 amide bonds. The van der Waals surface area contributed by atoms with Crippen LogP contribution in [0.4, 0.5) is 5.13 Å². The molecule has 0 aliphatic carbocycles. The van der Waals surface area contributed by atoms with Gasteiger partial charge in [0.25, 0.3) is 0 Å². The highest BCUT2D eigenvalue weighted by molar-refractivity contribution is 7.90. The summed E-state index contributed by atoms with van der Waals surface area (Å²) in [6.07, 6.45) is 2.90. The van der Waals surface area contributed by atoms with Gasteiger partial charge in [-0.2, -0.15) is 4.31 Å². The number of sulfonamides is 1. The number of piperidine rings is 1. The van der Waals surface area contributed by atoms with Crippen LogP contribution in [0.5, 0.6) is 0 Å². The molecule has 32 heavy (non-hydrogen) atoms. The maximum Gasteiger partial charge on any atom is 0.244 e. The third-order valence-electron chi connectivity index (χ3n) is 5.19. The standard InChI is InChI=1S/C20H20ClN3O5S3/c1-31(26,27)15-9-10-16-18(12-15)30-20(22-16)23-19(25)17-4-2-3-11-24(17)32(28,29)14-7-5-13(21)6-8-14/h5-10,12,17H,2-4,11H2,1H3,(H,22,23,25)/t17-/m1/s1. The minimum Gasteiger partial charge on any atom is -0.301 e. The minimum absolute atomic E-state index is 0.0786. The van der Waals surface area contributed by atoms with Gasteiger partial charge in [0, 0.05) is 17.8 Å². The van der Waals surface area contributed by atoms with Crippen LogP contribution in [-0.2, 0) is 24.7 Å². The van der Waals surface area contributed by atoms with Crippen molar-refractivity contribution in [3.8, 4) is 0 Å². The predicted octanol–water partition coefficient (Wildman–Crippen LogP) is 3.54. The summed E-state index contributed by atoms with van der Waals surface area (Å²) in [5, 5.41) is 3.42. The molecule has 170 valence electrons. The van der Waals surface area contributed by atoms with Gasteiger partial charge >= 0.3 is 0 Å². The van der Waals surface area contributed by atoms with Gasteiger partial charge in [-0.15, -0.1) is 0 Å². The van der Waals surface area contributed by atoms with E-state index < -0.39 is 31.8 Å². The lowest BCUT2D eigenvalue weighted by molar-refractivity contribution is -0.120. The highest BCUT2D eigenvalue weighted by atomic mass is 35.5. The molecule has 0 bridgehead atoms. The number of hydrogen-bond donors (Lipinski definition) is 1. The van der Waals surface area contributed by atoms with Crippen molar-refractivity contribution in [2.75, 3.05) is 18.1 Å². The number of benzene rings is 2. The Morgan fingerprint density at radius 1 is 1.09 bits per heavy atom. The van der Waals surface area contributed by atoms with Crippen LogP contribution in [-0.4, -0.2) is 50.9 Å². The number of carbonyl (C=O) groups excluding carboxylic acids is 1. The smallest absolute Gasteiger partial charge is 0.244 e. The van der Waals surface area contributed by atoms with E-state index in [-0.39, 0.29) is 21.5 Å². The third-order valence-corrected chi connectivity index (χ3v) is 9.41. The van der Waals surface area contributed by atoms with E-state index >= 15 is 0 Å². The third kappa shape index (κ3) is 4.67. The van der Waals surface area contributed by atoms with Crippen LogP contribution in [0.1, 0.15) is 19.3 Å². The summed E-state index contributed by atoms with van der Waals surface area (Å²) in [6.45, 7) is 0.237. The molecule has 0 spiro atoms. The van der Waals surface area contributed by atoms with Crippen LogP contribution in [0.25, 0.3) is 10.2 Å². The monoisotopic (exact) mass is 513 g/mol. The Bertz CT molecular complexity index is 1390. The first kappa shape index (κ1) is 23.1. The Balaban J connectivity index is 1.59. The maximum absolute atomic E-state index is 13.2. The van der Waals surface area contributed by atoms with Gasteiger partial charge in [0.2, 0.25) is 15.9 Å². The zero-order valence-electron chi connectivity index (χ0n) is 17.0. The van der Waals surface area contributed by atoms with E-state index in [2.05, 4.69) is 10.3 Å². The lowest BCUT2D eigenvalue weighted by Crippen LogP contribution is -2.49. The lowest BCUT2D eigenvalue weighted by atomic mass is 10.0. The molecule has 1 N–H and O–H groups in total. The number of fused-ring (bicyclic) bond motifs is 1. The molecule has 1 aromatic heterocycles. The van der Waals surface area contributed by atoms with Gasteiger partial charge in [-0.25, -0.2) is 21.8 Å². The molecule has 1 aliphatic heterocycles. The minimum atomic E-state index is -3.88. The van der Waals surface area contributed by atoms with Crippen molar-refractivity contribution < 1.29 is 21.6 Å². The highest BCUT2D eigenvalue weighted by Crippen LogP contribution is 2.30. The van der Waals surface area contributed by atoms with Gasteiger partial charge in [0.05, 0.1) is 20.0 Å². The molecular weight excluding hydrogens is 494 g/mol. The molecule has 0 radical (unpaired) electrons. The SMILES string of the molecule is CS(=O)(=O)c1ccc2nc(NC(=O)[C@H]3CCCCN3S(=O)(=O)c3ccc(Cl)cc3)sc2c1. The molecule has 2 aromatic carbocycles. The van der Waals surface area contributed by atoms with Gasteiger partial charge in [0.15, 0.2) is 15.0 Å². The first-order chi connectivity index (χ1) is 15.1. The van der Waals surface area contributed by atoms with Crippen molar-refractivity contribution >= 4 is 64.1 Å². The number of aromatic nitrogens is 1. The second kappa shape index (κ2) is 8.71. The number of anilines is 1. The van der Waals surface area contributed by atoms with E-state index in [1.807, 2.05) is 0 Å². The number of carbonyl (C=O) groups is 1. The van der Waals surface area contributed by atoms with Crippen LogP contribution < -0.4 is 5.32 Å². The molecule has 4 rings (SSSR count).